The van der Waals surface area contributed by atoms with E-state index in [4.69, 9.17) is 11.6 Å². The molecule has 0 bridgehead atoms. The van der Waals surface area contributed by atoms with Gasteiger partial charge in [0.15, 0.2) is 0 Å². The summed E-state index contributed by atoms with van der Waals surface area (Å²) >= 11 is 7.10. The van der Waals surface area contributed by atoms with E-state index in [9.17, 15) is 22.8 Å². The summed E-state index contributed by atoms with van der Waals surface area (Å²) in [4.78, 5) is 26.9. The standard InChI is InChI=1S/C19H13ClF3NO2S/c1-2-27-16-15(11-3-7-13(20)8-4-11)17(25)24(18(16)26)14-9-5-12(6-10-14)19(21,22)23/h3-10H,2H2,1H3. The van der Waals surface area contributed by atoms with Crippen LogP contribution in [0.3, 0.4) is 0 Å². The van der Waals surface area contributed by atoms with E-state index in [1.165, 1.54) is 11.8 Å². The fourth-order valence-corrected chi connectivity index (χ4v) is 3.67. The van der Waals surface area contributed by atoms with Gasteiger partial charge in [0.05, 0.1) is 21.7 Å². The average molecular weight is 412 g/mol. The van der Waals surface area contributed by atoms with Crippen LogP contribution >= 0.6 is 23.4 Å². The molecule has 0 N–H and O–H groups in total. The van der Waals surface area contributed by atoms with E-state index in [0.717, 1.165) is 29.2 Å². The largest absolute Gasteiger partial charge is 0.416 e. The topological polar surface area (TPSA) is 37.4 Å². The summed E-state index contributed by atoms with van der Waals surface area (Å²) in [5.41, 5.74) is 0.00192. The van der Waals surface area contributed by atoms with E-state index in [0.29, 0.717) is 16.3 Å². The molecule has 1 heterocycles. The maximum Gasteiger partial charge on any atom is 0.416 e. The zero-order valence-electron chi connectivity index (χ0n) is 14.0. The summed E-state index contributed by atoms with van der Waals surface area (Å²) in [6, 6.07) is 10.4. The monoisotopic (exact) mass is 411 g/mol. The van der Waals surface area contributed by atoms with Crippen molar-refractivity contribution in [1.29, 1.82) is 0 Å². The number of imide groups is 1. The van der Waals surface area contributed by atoms with Gasteiger partial charge in [-0.2, -0.15) is 13.2 Å². The van der Waals surface area contributed by atoms with Crippen molar-refractivity contribution in [2.75, 3.05) is 10.7 Å². The smallest absolute Gasteiger partial charge is 0.268 e. The number of halogens is 4. The van der Waals surface area contributed by atoms with Gasteiger partial charge in [0.1, 0.15) is 0 Å². The molecule has 2 amide bonds. The van der Waals surface area contributed by atoms with Gasteiger partial charge in [-0.05, 0) is 47.7 Å². The molecule has 0 saturated carbocycles. The Bertz CT molecular complexity index is 921. The molecule has 140 valence electrons. The molecule has 0 unspecified atom stereocenters. The van der Waals surface area contributed by atoms with Crippen molar-refractivity contribution in [2.45, 2.75) is 13.1 Å². The first-order chi connectivity index (χ1) is 12.7. The van der Waals surface area contributed by atoms with Gasteiger partial charge in [-0.1, -0.05) is 30.7 Å². The number of anilines is 1. The third-order valence-corrected chi connectivity index (χ3v) is 5.12. The number of nitrogens with zero attached hydrogens (tertiary/aromatic N) is 1. The average Bonchev–Trinajstić information content (AvgIpc) is 2.86. The van der Waals surface area contributed by atoms with Crippen LogP contribution in [0.4, 0.5) is 18.9 Å². The second-order valence-electron chi connectivity index (χ2n) is 5.63. The van der Waals surface area contributed by atoms with Crippen molar-refractivity contribution in [1.82, 2.24) is 0 Å². The third-order valence-electron chi connectivity index (χ3n) is 3.92. The molecule has 0 spiro atoms. The van der Waals surface area contributed by atoms with Crippen LogP contribution in [0.5, 0.6) is 0 Å². The number of hydrogen-bond donors (Lipinski definition) is 0. The van der Waals surface area contributed by atoms with Crippen LogP contribution in [0.25, 0.3) is 5.57 Å². The maximum absolute atomic E-state index is 12.9. The molecule has 2 aromatic rings. The summed E-state index contributed by atoms with van der Waals surface area (Å²) in [5, 5.41) is 0.486. The van der Waals surface area contributed by atoms with E-state index >= 15 is 0 Å². The van der Waals surface area contributed by atoms with Crippen molar-refractivity contribution in [2.24, 2.45) is 0 Å². The second-order valence-corrected chi connectivity index (χ2v) is 7.35. The lowest BCUT2D eigenvalue weighted by Gasteiger charge is -2.16. The fourth-order valence-electron chi connectivity index (χ4n) is 2.69. The van der Waals surface area contributed by atoms with Gasteiger partial charge in [0.2, 0.25) is 0 Å². The molecule has 27 heavy (non-hydrogen) atoms. The van der Waals surface area contributed by atoms with Gasteiger partial charge in [-0.25, -0.2) is 4.90 Å². The molecule has 3 nitrogen and oxygen atoms in total. The lowest BCUT2D eigenvalue weighted by Crippen LogP contribution is -2.31. The molecular formula is C19H13ClF3NO2S. The zero-order chi connectivity index (χ0) is 19.8. The van der Waals surface area contributed by atoms with Gasteiger partial charge in [-0.15, -0.1) is 11.8 Å². The number of carbonyl (C=O) groups is 2. The first-order valence-corrected chi connectivity index (χ1v) is 9.29. The number of thioether (sulfide) groups is 1. The summed E-state index contributed by atoms with van der Waals surface area (Å²) in [6.07, 6.45) is -4.49. The van der Waals surface area contributed by atoms with Gasteiger partial charge in [-0.3, -0.25) is 9.59 Å². The molecule has 0 aliphatic carbocycles. The minimum atomic E-state index is -4.49. The van der Waals surface area contributed by atoms with Gasteiger partial charge < -0.3 is 0 Å². The quantitative estimate of drug-likeness (QED) is 0.632. The Morgan fingerprint density at radius 1 is 0.963 bits per heavy atom. The summed E-state index contributed by atoms with van der Waals surface area (Å²) < 4.78 is 38.3. The molecular weight excluding hydrogens is 399 g/mol. The Kier molecular flexibility index (Phi) is 5.35. The predicted molar refractivity (Wildman–Crippen MR) is 100 cm³/mol. The molecule has 0 fully saturated rings. The number of alkyl halides is 3. The minimum absolute atomic E-state index is 0.0937. The van der Waals surface area contributed by atoms with Crippen LogP contribution in [0.15, 0.2) is 53.4 Å². The molecule has 2 aromatic carbocycles. The van der Waals surface area contributed by atoms with Crippen molar-refractivity contribution in [3.05, 3.63) is 69.6 Å². The van der Waals surface area contributed by atoms with Crippen molar-refractivity contribution < 1.29 is 22.8 Å². The van der Waals surface area contributed by atoms with Crippen molar-refractivity contribution in [3.63, 3.8) is 0 Å². The Labute approximate surface area is 162 Å². The second kappa shape index (κ2) is 7.40. The summed E-state index contributed by atoms with van der Waals surface area (Å²) in [7, 11) is 0. The molecule has 8 heteroatoms. The van der Waals surface area contributed by atoms with Gasteiger partial charge in [0, 0.05) is 5.02 Å². The van der Waals surface area contributed by atoms with Crippen molar-refractivity contribution >= 4 is 46.4 Å². The highest BCUT2D eigenvalue weighted by Gasteiger charge is 2.40. The number of hydrogen-bond acceptors (Lipinski definition) is 3. The highest BCUT2D eigenvalue weighted by atomic mass is 35.5. The van der Waals surface area contributed by atoms with Crippen LogP contribution in [-0.2, 0) is 15.8 Å². The summed E-state index contributed by atoms with van der Waals surface area (Å²) in [5.74, 6) is -0.554. The highest BCUT2D eigenvalue weighted by Crippen LogP contribution is 2.39. The highest BCUT2D eigenvalue weighted by molar-refractivity contribution is 8.04. The molecule has 1 aliphatic heterocycles. The number of carbonyl (C=O) groups excluding carboxylic acids is 2. The van der Waals surface area contributed by atoms with Gasteiger partial charge >= 0.3 is 6.18 Å². The molecule has 0 aromatic heterocycles. The normalized spacial score (nSPS) is 15.1. The SMILES string of the molecule is CCSC1=C(c2ccc(Cl)cc2)C(=O)N(c2ccc(C(F)(F)F)cc2)C1=O. The third kappa shape index (κ3) is 3.75. The fraction of sp³-hybridized carbons (Fsp3) is 0.158. The lowest BCUT2D eigenvalue weighted by molar-refractivity contribution is -0.137. The lowest BCUT2D eigenvalue weighted by atomic mass is 10.1. The summed E-state index contributed by atoms with van der Waals surface area (Å²) in [6.45, 7) is 1.84. The molecule has 1 aliphatic rings. The Hall–Kier alpha value is -2.25. The van der Waals surface area contributed by atoms with E-state index in [1.54, 1.807) is 24.3 Å². The molecule has 3 rings (SSSR count). The molecule has 0 saturated heterocycles. The zero-order valence-corrected chi connectivity index (χ0v) is 15.6. The minimum Gasteiger partial charge on any atom is -0.268 e. The van der Waals surface area contributed by atoms with Crippen molar-refractivity contribution in [3.8, 4) is 0 Å². The maximum atomic E-state index is 12.9. The van der Waals surface area contributed by atoms with E-state index in [-0.39, 0.29) is 16.2 Å². The van der Waals surface area contributed by atoms with E-state index in [1.807, 2.05) is 6.92 Å². The molecule has 0 atom stereocenters. The Balaban J connectivity index is 2.02. The Morgan fingerprint density at radius 2 is 1.56 bits per heavy atom. The predicted octanol–water partition coefficient (Wildman–Crippen LogP) is 5.40. The van der Waals surface area contributed by atoms with Crippen LogP contribution in [-0.4, -0.2) is 17.6 Å². The van der Waals surface area contributed by atoms with E-state index < -0.39 is 23.6 Å². The van der Waals surface area contributed by atoms with Crippen LogP contribution < -0.4 is 4.90 Å². The molecule has 0 radical (unpaired) electrons. The van der Waals surface area contributed by atoms with Crippen LogP contribution in [0.1, 0.15) is 18.1 Å². The number of rotatable bonds is 4. The van der Waals surface area contributed by atoms with Gasteiger partial charge in [0.25, 0.3) is 11.8 Å². The van der Waals surface area contributed by atoms with E-state index in [2.05, 4.69) is 0 Å². The number of benzene rings is 2. The first kappa shape index (κ1) is 19.5. The first-order valence-electron chi connectivity index (χ1n) is 7.93. The number of amides is 2. The van der Waals surface area contributed by atoms with Crippen LogP contribution in [0, 0.1) is 0 Å². The Morgan fingerprint density at radius 3 is 2.07 bits per heavy atom. The van der Waals surface area contributed by atoms with Crippen LogP contribution in [0.2, 0.25) is 5.02 Å².